The van der Waals surface area contributed by atoms with Crippen LogP contribution in [0.1, 0.15) is 59.6 Å². The Bertz CT molecular complexity index is 886. The predicted octanol–water partition coefficient (Wildman–Crippen LogP) is 6.06. The number of benzene rings is 1. The highest BCUT2D eigenvalue weighted by Gasteiger charge is 2.33. The maximum absolute atomic E-state index is 14.2. The highest BCUT2D eigenvalue weighted by atomic mass is 19.1. The first kappa shape index (κ1) is 27.6. The maximum Gasteiger partial charge on any atom is 0.118 e. The predicted molar refractivity (Wildman–Crippen MR) is 142 cm³/mol. The van der Waals surface area contributed by atoms with Crippen molar-refractivity contribution in [2.45, 2.75) is 72.8 Å². The molecule has 0 bridgehead atoms. The van der Waals surface area contributed by atoms with Crippen LogP contribution in [0.5, 0.6) is 0 Å². The third-order valence-electron chi connectivity index (χ3n) is 6.22. The van der Waals surface area contributed by atoms with Crippen LogP contribution < -0.4 is 0 Å². The number of nitrogens with zero attached hydrogens (tertiary/aromatic N) is 4. The van der Waals surface area contributed by atoms with E-state index in [2.05, 4.69) is 54.2 Å². The van der Waals surface area contributed by atoms with Crippen LogP contribution in [0, 0.1) is 0 Å². The molecule has 1 aliphatic rings. The number of allylic oxidation sites excluding steroid dienone is 2. The quantitative estimate of drug-likeness (QED) is 0.249. The molecule has 1 heterocycles. The molecule has 2 rings (SSSR count). The number of hydrogen-bond acceptors (Lipinski definition) is 4. The maximum atomic E-state index is 14.2. The van der Waals surface area contributed by atoms with Crippen LogP contribution in [0.15, 0.2) is 60.0 Å². The highest BCUT2D eigenvalue weighted by molar-refractivity contribution is 5.81. The first-order chi connectivity index (χ1) is 15.9. The van der Waals surface area contributed by atoms with Gasteiger partial charge in [-0.2, -0.15) is 0 Å². The lowest BCUT2D eigenvalue weighted by Gasteiger charge is -2.46. The molecule has 0 radical (unpaired) electrons. The van der Waals surface area contributed by atoms with Crippen LogP contribution in [0.3, 0.4) is 0 Å². The van der Waals surface area contributed by atoms with Gasteiger partial charge in [-0.1, -0.05) is 36.9 Å². The fourth-order valence-electron chi connectivity index (χ4n) is 4.30. The Kier molecular flexibility index (Phi) is 9.92. The summed E-state index contributed by atoms with van der Waals surface area (Å²) in [4.78, 5) is 11.6. The van der Waals surface area contributed by atoms with E-state index in [1.165, 1.54) is 5.56 Å². The van der Waals surface area contributed by atoms with E-state index in [0.717, 1.165) is 36.7 Å². The summed E-state index contributed by atoms with van der Waals surface area (Å²) in [5, 5.41) is 0. The Labute approximate surface area is 206 Å². The average molecular weight is 471 g/mol. The summed E-state index contributed by atoms with van der Waals surface area (Å²) in [7, 11) is 1.63. The van der Waals surface area contributed by atoms with Gasteiger partial charge in [0.15, 0.2) is 0 Å². The number of piperazine rings is 1. The minimum absolute atomic E-state index is 0.281. The van der Waals surface area contributed by atoms with E-state index < -0.39 is 5.67 Å². The minimum Gasteiger partial charge on any atom is -0.497 e. The Morgan fingerprint density at radius 2 is 1.79 bits per heavy atom. The SMILES string of the molecule is C=C(OC)c1ccc(CN(/C=C\C)C(C)=N/C=C(\C)N2CC(C)N(CC(C)(C)F)C(C)C2)cc1. The standard InChI is InChI=1S/C28H43FN4O/c1-10-15-31(19-26-11-13-27(14-12-26)24(5)34-9)25(6)30-16-21(2)32-17-22(3)33(23(4)18-32)20-28(7,8)29/h10-16,22-23H,5,17-20H2,1-4,6-9H3/b15-10-,21-16+,30-25?. The van der Waals surface area contributed by atoms with Crippen molar-refractivity contribution < 1.29 is 9.13 Å². The van der Waals surface area contributed by atoms with Crippen molar-refractivity contribution in [3.05, 3.63) is 66.1 Å². The summed E-state index contributed by atoms with van der Waals surface area (Å²) in [5.74, 6) is 1.58. The molecule has 6 heteroatoms. The van der Waals surface area contributed by atoms with Crippen molar-refractivity contribution in [1.29, 1.82) is 0 Å². The number of methoxy groups -OCH3 is 1. The summed E-state index contributed by atoms with van der Waals surface area (Å²) in [6.45, 7) is 20.6. The molecule has 188 valence electrons. The number of alkyl halides is 1. The number of rotatable bonds is 9. The molecule has 0 aromatic heterocycles. The number of hydrogen-bond donors (Lipinski definition) is 0. The van der Waals surface area contributed by atoms with E-state index in [4.69, 9.17) is 9.73 Å². The summed E-state index contributed by atoms with van der Waals surface area (Å²) in [6, 6.07) is 8.79. The van der Waals surface area contributed by atoms with Gasteiger partial charge in [0.25, 0.3) is 0 Å². The lowest BCUT2D eigenvalue weighted by Crippen LogP contribution is -2.58. The second-order valence-corrected chi connectivity index (χ2v) is 9.88. The molecule has 1 aromatic carbocycles. The number of ether oxygens (including phenoxy) is 1. The Balaban J connectivity index is 2.09. The second-order valence-electron chi connectivity index (χ2n) is 9.88. The molecular formula is C28H43FN4O. The second kappa shape index (κ2) is 12.2. The fraction of sp³-hybridized carbons (Fsp3) is 0.536. The molecule has 5 nitrogen and oxygen atoms in total. The van der Waals surface area contributed by atoms with Crippen LogP contribution in [0.25, 0.3) is 5.76 Å². The van der Waals surface area contributed by atoms with Gasteiger partial charge in [-0.25, -0.2) is 9.38 Å². The van der Waals surface area contributed by atoms with Crippen LogP contribution in [0.2, 0.25) is 0 Å². The van der Waals surface area contributed by atoms with Gasteiger partial charge >= 0.3 is 0 Å². The number of halogens is 1. The summed E-state index contributed by atoms with van der Waals surface area (Å²) < 4.78 is 19.5. The molecule has 1 aliphatic heterocycles. The first-order valence-corrected chi connectivity index (χ1v) is 12.1. The summed E-state index contributed by atoms with van der Waals surface area (Å²) >= 11 is 0. The molecule has 1 fully saturated rings. The number of amidine groups is 1. The molecule has 0 aliphatic carbocycles. The van der Waals surface area contributed by atoms with Crippen molar-refractivity contribution in [2.24, 2.45) is 4.99 Å². The first-order valence-electron chi connectivity index (χ1n) is 12.1. The lowest BCUT2D eigenvalue weighted by atomic mass is 10.0. The van der Waals surface area contributed by atoms with E-state index in [1.54, 1.807) is 21.0 Å². The van der Waals surface area contributed by atoms with Crippen molar-refractivity contribution in [3.63, 3.8) is 0 Å². The molecule has 2 unspecified atom stereocenters. The van der Waals surface area contributed by atoms with Gasteiger partial charge in [-0.05, 0) is 54.0 Å². The van der Waals surface area contributed by atoms with Crippen molar-refractivity contribution >= 4 is 11.6 Å². The smallest absolute Gasteiger partial charge is 0.118 e. The minimum atomic E-state index is -1.19. The zero-order chi connectivity index (χ0) is 25.5. The van der Waals surface area contributed by atoms with E-state index in [9.17, 15) is 4.39 Å². The molecule has 0 amide bonds. The molecule has 34 heavy (non-hydrogen) atoms. The van der Waals surface area contributed by atoms with Crippen LogP contribution in [0.4, 0.5) is 4.39 Å². The highest BCUT2D eigenvalue weighted by Crippen LogP contribution is 2.23. The lowest BCUT2D eigenvalue weighted by molar-refractivity contribution is 0.0145. The number of aliphatic imine (C=N–C) groups is 1. The molecular weight excluding hydrogens is 427 g/mol. The molecule has 1 saturated heterocycles. The van der Waals surface area contributed by atoms with Gasteiger partial charge in [-0.3, -0.25) is 4.90 Å². The third kappa shape index (κ3) is 8.01. The van der Waals surface area contributed by atoms with Gasteiger partial charge in [0.1, 0.15) is 17.3 Å². The summed E-state index contributed by atoms with van der Waals surface area (Å²) in [6.07, 6.45) is 6.02. The van der Waals surface area contributed by atoms with Gasteiger partial charge < -0.3 is 14.5 Å². The van der Waals surface area contributed by atoms with Gasteiger partial charge in [0, 0.05) is 61.9 Å². The van der Waals surface area contributed by atoms with Gasteiger partial charge in [0.05, 0.1) is 7.11 Å². The van der Waals surface area contributed by atoms with Gasteiger partial charge in [0.2, 0.25) is 0 Å². The van der Waals surface area contributed by atoms with E-state index in [1.807, 2.05) is 44.5 Å². The van der Waals surface area contributed by atoms with Crippen LogP contribution in [-0.4, -0.2) is 65.0 Å². The normalized spacial score (nSPS) is 20.7. The fourth-order valence-corrected chi connectivity index (χ4v) is 4.30. The van der Waals surface area contributed by atoms with E-state index >= 15 is 0 Å². The van der Waals surface area contributed by atoms with E-state index in [-0.39, 0.29) is 12.1 Å². The zero-order valence-electron chi connectivity index (χ0n) is 22.3. The van der Waals surface area contributed by atoms with Crippen molar-refractivity contribution in [2.75, 3.05) is 26.7 Å². The van der Waals surface area contributed by atoms with Crippen LogP contribution in [-0.2, 0) is 11.3 Å². The Morgan fingerprint density at radius 1 is 1.21 bits per heavy atom. The van der Waals surface area contributed by atoms with Gasteiger partial charge in [-0.15, -0.1) is 0 Å². The van der Waals surface area contributed by atoms with E-state index in [0.29, 0.717) is 12.3 Å². The molecule has 0 saturated carbocycles. The Hall–Kier alpha value is -2.60. The zero-order valence-corrected chi connectivity index (χ0v) is 22.3. The van der Waals surface area contributed by atoms with Crippen molar-refractivity contribution in [1.82, 2.24) is 14.7 Å². The average Bonchev–Trinajstić information content (AvgIpc) is 2.78. The molecule has 0 spiro atoms. The molecule has 1 aromatic rings. The molecule has 0 N–H and O–H groups in total. The monoisotopic (exact) mass is 470 g/mol. The third-order valence-corrected chi connectivity index (χ3v) is 6.22. The topological polar surface area (TPSA) is 31.3 Å². The van der Waals surface area contributed by atoms with Crippen LogP contribution >= 0.6 is 0 Å². The molecule has 2 atom stereocenters. The largest absolute Gasteiger partial charge is 0.497 e. The summed E-state index contributed by atoms with van der Waals surface area (Å²) in [5.41, 5.74) is 2.09. The van der Waals surface area contributed by atoms with Crippen molar-refractivity contribution in [3.8, 4) is 0 Å². The Morgan fingerprint density at radius 3 is 2.29 bits per heavy atom.